The van der Waals surface area contributed by atoms with Gasteiger partial charge in [-0.3, -0.25) is 4.79 Å². The van der Waals surface area contributed by atoms with E-state index in [-0.39, 0.29) is 5.91 Å². The third-order valence-corrected chi connectivity index (χ3v) is 4.48. The zero-order chi connectivity index (χ0) is 15.9. The molecule has 6 heteroatoms. The van der Waals surface area contributed by atoms with E-state index in [1.165, 1.54) is 18.2 Å². The fourth-order valence-corrected chi connectivity index (χ4v) is 3.23. The number of carbonyl (C=O) groups excluding carboxylic acids is 1. The summed E-state index contributed by atoms with van der Waals surface area (Å²) < 4.78 is 38.0. The molecule has 2 fully saturated rings. The molecule has 0 aromatic heterocycles. The minimum Gasteiger partial charge on any atom is -0.338 e. The van der Waals surface area contributed by atoms with E-state index >= 15 is 0 Å². The van der Waals surface area contributed by atoms with Gasteiger partial charge >= 0.3 is 6.18 Å². The molecule has 3 nitrogen and oxygen atoms in total. The Bertz CT molecular complexity index is 587. The summed E-state index contributed by atoms with van der Waals surface area (Å²) in [4.78, 5) is 13.2. The Morgan fingerprint density at radius 3 is 2.64 bits per heavy atom. The molecule has 1 aromatic carbocycles. The number of piperidine rings is 1. The standard InChI is InChI=1S/C16H17F3N2O/c1-2-14(22)21-8-12-13(9-21)15(12)20-7-10-4-3-5-11(6-10)16(17,18)19/h2-6,12-13,15,20H,1,7-9H2. The zero-order valence-electron chi connectivity index (χ0n) is 11.9. The largest absolute Gasteiger partial charge is 0.416 e. The number of nitrogens with one attached hydrogen (secondary N) is 1. The minimum atomic E-state index is -4.31. The molecule has 1 saturated heterocycles. The quantitative estimate of drug-likeness (QED) is 0.866. The Balaban J connectivity index is 1.52. The van der Waals surface area contributed by atoms with E-state index in [2.05, 4.69) is 11.9 Å². The summed E-state index contributed by atoms with van der Waals surface area (Å²) in [6.07, 6.45) is -2.99. The molecule has 2 unspecified atom stereocenters. The fraction of sp³-hybridized carbons (Fsp3) is 0.438. The van der Waals surface area contributed by atoms with Gasteiger partial charge in [0, 0.05) is 25.7 Å². The average molecular weight is 310 g/mol. The maximum absolute atomic E-state index is 12.7. The molecule has 1 aliphatic heterocycles. The second kappa shape index (κ2) is 5.43. The highest BCUT2D eigenvalue weighted by Crippen LogP contribution is 2.45. The molecule has 118 valence electrons. The molecule has 1 aliphatic carbocycles. The molecule has 1 amide bonds. The molecule has 0 spiro atoms. The van der Waals surface area contributed by atoms with Gasteiger partial charge in [0.05, 0.1) is 5.56 Å². The second-order valence-electron chi connectivity index (χ2n) is 5.88. The predicted octanol–water partition coefficient (Wildman–Crippen LogP) is 2.44. The van der Waals surface area contributed by atoms with Gasteiger partial charge in [0.15, 0.2) is 0 Å². The maximum atomic E-state index is 12.7. The lowest BCUT2D eigenvalue weighted by Gasteiger charge is -2.18. The van der Waals surface area contributed by atoms with Crippen LogP contribution < -0.4 is 5.32 Å². The van der Waals surface area contributed by atoms with Crippen molar-refractivity contribution in [3.63, 3.8) is 0 Å². The van der Waals surface area contributed by atoms with Crippen molar-refractivity contribution < 1.29 is 18.0 Å². The normalized spacial score (nSPS) is 26.7. The molecule has 2 atom stereocenters. The lowest BCUT2D eigenvalue weighted by Crippen LogP contribution is -2.34. The van der Waals surface area contributed by atoms with E-state index in [4.69, 9.17) is 0 Å². The lowest BCUT2D eigenvalue weighted by molar-refractivity contribution is -0.137. The van der Waals surface area contributed by atoms with Gasteiger partial charge in [-0.05, 0) is 29.5 Å². The summed E-state index contributed by atoms with van der Waals surface area (Å²) in [6.45, 7) is 5.29. The van der Waals surface area contributed by atoms with Gasteiger partial charge in [0.2, 0.25) is 5.91 Å². The first-order valence-electron chi connectivity index (χ1n) is 7.21. The van der Waals surface area contributed by atoms with Crippen molar-refractivity contribution in [1.82, 2.24) is 10.2 Å². The number of nitrogens with zero attached hydrogens (tertiary/aromatic N) is 1. The maximum Gasteiger partial charge on any atom is 0.416 e. The number of amides is 1. The van der Waals surface area contributed by atoms with Crippen LogP contribution in [0.5, 0.6) is 0 Å². The Kier molecular flexibility index (Phi) is 3.72. The number of halogens is 3. The smallest absolute Gasteiger partial charge is 0.338 e. The Hall–Kier alpha value is -1.82. The van der Waals surface area contributed by atoms with Crippen LogP contribution in [-0.2, 0) is 17.5 Å². The number of hydrogen-bond donors (Lipinski definition) is 1. The van der Waals surface area contributed by atoms with Gasteiger partial charge in [-0.25, -0.2) is 0 Å². The van der Waals surface area contributed by atoms with Crippen molar-refractivity contribution in [2.75, 3.05) is 13.1 Å². The first-order valence-corrected chi connectivity index (χ1v) is 7.21. The van der Waals surface area contributed by atoms with Gasteiger partial charge in [0.25, 0.3) is 0 Å². The van der Waals surface area contributed by atoms with Crippen molar-refractivity contribution in [3.05, 3.63) is 48.0 Å². The number of rotatable bonds is 4. The molecular formula is C16H17F3N2O. The summed E-state index contributed by atoms with van der Waals surface area (Å²) in [5.74, 6) is 0.772. The van der Waals surface area contributed by atoms with Crippen molar-refractivity contribution in [3.8, 4) is 0 Å². The van der Waals surface area contributed by atoms with E-state index in [0.717, 1.165) is 6.07 Å². The Labute approximate surface area is 126 Å². The van der Waals surface area contributed by atoms with Crippen LogP contribution in [-0.4, -0.2) is 29.9 Å². The number of benzene rings is 1. The first kappa shape index (κ1) is 15.1. The molecule has 1 saturated carbocycles. The highest BCUT2D eigenvalue weighted by atomic mass is 19.4. The van der Waals surface area contributed by atoms with Gasteiger partial charge < -0.3 is 10.2 Å². The van der Waals surface area contributed by atoms with E-state index < -0.39 is 11.7 Å². The summed E-state index contributed by atoms with van der Waals surface area (Å²) >= 11 is 0. The predicted molar refractivity (Wildman–Crippen MR) is 75.8 cm³/mol. The minimum absolute atomic E-state index is 0.0520. The van der Waals surface area contributed by atoms with Gasteiger partial charge in [-0.2, -0.15) is 13.2 Å². The molecule has 1 heterocycles. The van der Waals surface area contributed by atoms with Gasteiger partial charge in [0.1, 0.15) is 0 Å². The zero-order valence-corrected chi connectivity index (χ0v) is 11.9. The van der Waals surface area contributed by atoms with Crippen LogP contribution in [0, 0.1) is 11.8 Å². The topological polar surface area (TPSA) is 32.3 Å². The van der Waals surface area contributed by atoms with Gasteiger partial charge in [-0.15, -0.1) is 0 Å². The van der Waals surface area contributed by atoms with Crippen LogP contribution in [0.2, 0.25) is 0 Å². The summed E-state index contributed by atoms with van der Waals surface area (Å²) in [5, 5.41) is 3.30. The number of fused-ring (bicyclic) bond motifs is 1. The molecular weight excluding hydrogens is 293 g/mol. The van der Waals surface area contributed by atoms with Crippen LogP contribution in [0.1, 0.15) is 11.1 Å². The van der Waals surface area contributed by atoms with Crippen molar-refractivity contribution in [2.24, 2.45) is 11.8 Å². The molecule has 0 bridgehead atoms. The number of hydrogen-bond acceptors (Lipinski definition) is 2. The third-order valence-electron chi connectivity index (χ3n) is 4.48. The highest BCUT2D eigenvalue weighted by molar-refractivity contribution is 5.87. The Morgan fingerprint density at radius 1 is 1.36 bits per heavy atom. The van der Waals surface area contributed by atoms with Crippen LogP contribution in [0.4, 0.5) is 13.2 Å². The SMILES string of the molecule is C=CC(=O)N1CC2C(C1)C2NCc1cccc(C(F)(F)F)c1. The molecule has 2 aliphatic rings. The number of alkyl halides is 3. The van der Waals surface area contributed by atoms with E-state index in [0.29, 0.717) is 43.1 Å². The molecule has 1 N–H and O–H groups in total. The molecule has 0 radical (unpaired) electrons. The summed E-state index contributed by atoms with van der Waals surface area (Å²) in [5.41, 5.74) is 0.00404. The van der Waals surface area contributed by atoms with Crippen LogP contribution in [0.25, 0.3) is 0 Å². The monoisotopic (exact) mass is 310 g/mol. The van der Waals surface area contributed by atoms with Crippen molar-refractivity contribution in [1.29, 1.82) is 0 Å². The van der Waals surface area contributed by atoms with E-state index in [1.54, 1.807) is 11.0 Å². The van der Waals surface area contributed by atoms with E-state index in [1.807, 2.05) is 0 Å². The van der Waals surface area contributed by atoms with Crippen molar-refractivity contribution >= 4 is 5.91 Å². The molecule has 1 aromatic rings. The van der Waals surface area contributed by atoms with Crippen molar-refractivity contribution in [2.45, 2.75) is 18.8 Å². The second-order valence-corrected chi connectivity index (χ2v) is 5.88. The fourth-order valence-electron chi connectivity index (χ4n) is 3.23. The lowest BCUT2D eigenvalue weighted by atomic mass is 10.1. The van der Waals surface area contributed by atoms with Crippen LogP contribution in [0.15, 0.2) is 36.9 Å². The number of likely N-dealkylation sites (tertiary alicyclic amines) is 1. The first-order chi connectivity index (χ1) is 10.4. The Morgan fingerprint density at radius 2 is 2.05 bits per heavy atom. The summed E-state index contributed by atoms with van der Waals surface area (Å²) in [6, 6.07) is 5.67. The van der Waals surface area contributed by atoms with Crippen LogP contribution >= 0.6 is 0 Å². The van der Waals surface area contributed by atoms with Crippen LogP contribution in [0.3, 0.4) is 0 Å². The molecule has 22 heavy (non-hydrogen) atoms. The number of carbonyl (C=O) groups is 1. The molecule has 3 rings (SSSR count). The summed E-state index contributed by atoms with van der Waals surface area (Å²) in [7, 11) is 0. The third kappa shape index (κ3) is 2.88. The average Bonchev–Trinajstić information content (AvgIpc) is 2.93. The van der Waals surface area contributed by atoms with E-state index in [9.17, 15) is 18.0 Å². The highest BCUT2D eigenvalue weighted by Gasteiger charge is 2.56. The van der Waals surface area contributed by atoms with Gasteiger partial charge in [-0.1, -0.05) is 24.8 Å².